The van der Waals surface area contributed by atoms with Gasteiger partial charge in [0.05, 0.1) is 23.9 Å². The van der Waals surface area contributed by atoms with Gasteiger partial charge in [-0.3, -0.25) is 0 Å². The molecule has 0 amide bonds. The van der Waals surface area contributed by atoms with Gasteiger partial charge in [-0.15, -0.1) is 35.3 Å². The number of guanidine groups is 1. The number of halogens is 1. The van der Waals surface area contributed by atoms with Gasteiger partial charge >= 0.3 is 0 Å². The molecule has 2 N–H and O–H groups in total. The first-order chi connectivity index (χ1) is 10.0. The van der Waals surface area contributed by atoms with Gasteiger partial charge in [0.2, 0.25) is 0 Å². The van der Waals surface area contributed by atoms with Crippen molar-refractivity contribution in [3.63, 3.8) is 0 Å². The molecule has 0 radical (unpaired) electrons. The van der Waals surface area contributed by atoms with Crippen LogP contribution in [0.15, 0.2) is 4.99 Å². The summed E-state index contributed by atoms with van der Waals surface area (Å²) in [5.41, 5.74) is 1.08. The second kappa shape index (κ2) is 12.1. The molecule has 1 heterocycles. The first-order valence-corrected chi connectivity index (χ1v) is 8.37. The van der Waals surface area contributed by atoms with E-state index in [9.17, 15) is 0 Å². The van der Waals surface area contributed by atoms with Crippen LogP contribution in [0, 0.1) is 19.8 Å². The van der Waals surface area contributed by atoms with E-state index in [-0.39, 0.29) is 24.0 Å². The second-order valence-electron chi connectivity index (χ2n) is 5.33. The molecule has 0 saturated carbocycles. The highest BCUT2D eigenvalue weighted by molar-refractivity contribution is 14.0. The minimum absolute atomic E-state index is 0. The van der Waals surface area contributed by atoms with E-state index in [1.807, 2.05) is 13.8 Å². The summed E-state index contributed by atoms with van der Waals surface area (Å²) in [5.74, 6) is 1.40. The fourth-order valence-corrected chi connectivity index (χ4v) is 2.64. The molecule has 0 spiro atoms. The molecule has 0 aromatic carbocycles. The molecule has 0 unspecified atom stereocenters. The average molecular weight is 440 g/mol. The van der Waals surface area contributed by atoms with Gasteiger partial charge in [-0.1, -0.05) is 13.8 Å². The zero-order chi connectivity index (χ0) is 15.7. The lowest BCUT2D eigenvalue weighted by Crippen LogP contribution is -2.39. The summed E-state index contributed by atoms with van der Waals surface area (Å²) in [7, 11) is 0. The van der Waals surface area contributed by atoms with Crippen LogP contribution in [-0.4, -0.2) is 37.2 Å². The molecule has 7 heteroatoms. The van der Waals surface area contributed by atoms with Crippen molar-refractivity contribution in [1.29, 1.82) is 0 Å². The molecule has 5 nitrogen and oxygen atoms in total. The van der Waals surface area contributed by atoms with Gasteiger partial charge < -0.3 is 15.4 Å². The van der Waals surface area contributed by atoms with Crippen molar-refractivity contribution in [2.75, 3.05) is 26.3 Å². The van der Waals surface area contributed by atoms with Crippen LogP contribution in [0.25, 0.3) is 0 Å². The lowest BCUT2D eigenvalue weighted by molar-refractivity contribution is 0.114. The summed E-state index contributed by atoms with van der Waals surface area (Å²) in [6.07, 6.45) is 0. The highest BCUT2D eigenvalue weighted by Gasteiger charge is 2.04. The van der Waals surface area contributed by atoms with Crippen LogP contribution in [0.1, 0.15) is 36.3 Å². The zero-order valence-electron chi connectivity index (χ0n) is 14.2. The van der Waals surface area contributed by atoms with Crippen LogP contribution >= 0.6 is 35.3 Å². The summed E-state index contributed by atoms with van der Waals surface area (Å²) in [6, 6.07) is 0. The maximum Gasteiger partial charge on any atom is 0.191 e. The Bertz CT molecular complexity index is 449. The number of hydrogen-bond donors (Lipinski definition) is 2. The van der Waals surface area contributed by atoms with Crippen molar-refractivity contribution in [1.82, 2.24) is 15.6 Å². The van der Waals surface area contributed by atoms with Crippen molar-refractivity contribution in [2.45, 2.75) is 41.2 Å². The van der Waals surface area contributed by atoms with Gasteiger partial charge in [-0.25, -0.2) is 9.98 Å². The van der Waals surface area contributed by atoms with E-state index in [0.717, 1.165) is 36.4 Å². The molecule has 0 fully saturated rings. The van der Waals surface area contributed by atoms with Crippen molar-refractivity contribution >= 4 is 41.3 Å². The topological polar surface area (TPSA) is 58.5 Å². The number of aromatic nitrogens is 1. The first kappa shape index (κ1) is 21.6. The molecular weight excluding hydrogens is 411 g/mol. The van der Waals surface area contributed by atoms with E-state index < -0.39 is 0 Å². The molecule has 1 aromatic heterocycles. The molecular formula is C15H29IN4OS. The summed E-state index contributed by atoms with van der Waals surface area (Å²) < 4.78 is 5.56. The maximum absolute atomic E-state index is 5.56. The predicted molar refractivity (Wildman–Crippen MR) is 105 cm³/mol. The lowest BCUT2D eigenvalue weighted by Gasteiger charge is -2.12. The maximum atomic E-state index is 5.56. The second-order valence-corrected chi connectivity index (χ2v) is 6.62. The molecule has 0 aliphatic heterocycles. The summed E-state index contributed by atoms with van der Waals surface area (Å²) in [6.45, 7) is 14.2. The Morgan fingerprint density at radius 1 is 1.32 bits per heavy atom. The number of aliphatic imine (C=N–C) groups is 1. The molecule has 0 bridgehead atoms. The first-order valence-electron chi connectivity index (χ1n) is 7.55. The van der Waals surface area contributed by atoms with E-state index in [0.29, 0.717) is 19.1 Å². The van der Waals surface area contributed by atoms with Crippen LogP contribution in [0.3, 0.4) is 0 Å². The van der Waals surface area contributed by atoms with Crippen LogP contribution < -0.4 is 10.6 Å². The summed E-state index contributed by atoms with van der Waals surface area (Å²) >= 11 is 1.71. The molecule has 0 aliphatic carbocycles. The standard InChI is InChI=1S/C15H28N4OS.HI/c1-6-16-15(17-7-8-20-10-11(2)3)18-9-14-12(4)19-13(5)21-14;/h11H,6-10H2,1-5H3,(H2,16,17,18);1H. The van der Waals surface area contributed by atoms with Crippen LogP contribution in [0.4, 0.5) is 0 Å². The van der Waals surface area contributed by atoms with Crippen molar-refractivity contribution in [2.24, 2.45) is 10.9 Å². The number of aryl methyl sites for hydroxylation is 2. The number of rotatable bonds is 8. The summed E-state index contributed by atoms with van der Waals surface area (Å²) in [5, 5.41) is 7.63. The molecule has 22 heavy (non-hydrogen) atoms. The van der Waals surface area contributed by atoms with Crippen molar-refractivity contribution in [3.05, 3.63) is 15.6 Å². The third kappa shape index (κ3) is 8.89. The van der Waals surface area contributed by atoms with Crippen molar-refractivity contribution in [3.8, 4) is 0 Å². The average Bonchev–Trinajstić information content (AvgIpc) is 2.73. The fraction of sp³-hybridized carbons (Fsp3) is 0.733. The smallest absolute Gasteiger partial charge is 0.191 e. The summed E-state index contributed by atoms with van der Waals surface area (Å²) in [4.78, 5) is 10.2. The Morgan fingerprint density at radius 3 is 2.59 bits per heavy atom. The molecule has 128 valence electrons. The van der Waals surface area contributed by atoms with Crippen LogP contribution in [-0.2, 0) is 11.3 Å². The highest BCUT2D eigenvalue weighted by atomic mass is 127. The van der Waals surface area contributed by atoms with Crippen LogP contribution in [0.2, 0.25) is 0 Å². The molecule has 1 aromatic rings. The number of hydrogen-bond acceptors (Lipinski definition) is 4. The normalized spacial score (nSPS) is 11.5. The van der Waals surface area contributed by atoms with Crippen LogP contribution in [0.5, 0.6) is 0 Å². The Hall–Kier alpha value is -0.410. The number of thiazole rings is 1. The highest BCUT2D eigenvalue weighted by Crippen LogP contribution is 2.17. The number of ether oxygens (including phenoxy) is 1. The third-order valence-corrected chi connectivity index (χ3v) is 3.77. The molecule has 0 saturated heterocycles. The van der Waals surface area contributed by atoms with Gasteiger partial charge in [-0.05, 0) is 26.7 Å². The fourth-order valence-electron chi connectivity index (χ4n) is 1.77. The van der Waals surface area contributed by atoms with E-state index >= 15 is 0 Å². The number of nitrogens with zero attached hydrogens (tertiary/aromatic N) is 2. The minimum Gasteiger partial charge on any atom is -0.379 e. The monoisotopic (exact) mass is 440 g/mol. The Kier molecular flexibility index (Phi) is 11.8. The molecule has 1 rings (SSSR count). The Balaban J connectivity index is 0.00000441. The van der Waals surface area contributed by atoms with Crippen molar-refractivity contribution < 1.29 is 4.74 Å². The SMILES string of the molecule is CCNC(=NCc1sc(C)nc1C)NCCOCC(C)C.I. The van der Waals surface area contributed by atoms with E-state index in [1.165, 1.54) is 4.88 Å². The molecule has 0 aliphatic rings. The Labute approximate surface area is 155 Å². The van der Waals surface area contributed by atoms with Gasteiger partial charge in [0.15, 0.2) is 5.96 Å². The zero-order valence-corrected chi connectivity index (χ0v) is 17.4. The third-order valence-electron chi connectivity index (χ3n) is 2.71. The lowest BCUT2D eigenvalue weighted by atomic mass is 10.2. The van der Waals surface area contributed by atoms with Gasteiger partial charge in [0.1, 0.15) is 0 Å². The Morgan fingerprint density at radius 2 is 2.05 bits per heavy atom. The predicted octanol–water partition coefficient (Wildman–Crippen LogP) is 3.11. The largest absolute Gasteiger partial charge is 0.379 e. The van der Waals surface area contributed by atoms with Gasteiger partial charge in [0.25, 0.3) is 0 Å². The number of nitrogens with one attached hydrogen (secondary N) is 2. The minimum atomic E-state index is 0. The van der Waals surface area contributed by atoms with E-state index in [4.69, 9.17) is 4.74 Å². The van der Waals surface area contributed by atoms with Gasteiger partial charge in [-0.2, -0.15) is 0 Å². The molecule has 0 atom stereocenters. The quantitative estimate of drug-likeness (QED) is 0.282. The van der Waals surface area contributed by atoms with E-state index in [2.05, 4.69) is 41.4 Å². The van der Waals surface area contributed by atoms with E-state index in [1.54, 1.807) is 11.3 Å². The van der Waals surface area contributed by atoms with Gasteiger partial charge in [0, 0.05) is 24.6 Å².